The predicted molar refractivity (Wildman–Crippen MR) is 78.4 cm³/mol. The summed E-state index contributed by atoms with van der Waals surface area (Å²) < 4.78 is 0. The van der Waals surface area contributed by atoms with Crippen molar-refractivity contribution in [1.29, 1.82) is 0 Å². The maximum Gasteiger partial charge on any atom is 0.249 e. The first-order valence-electron chi connectivity index (χ1n) is 7.08. The highest BCUT2D eigenvalue weighted by Crippen LogP contribution is 2.27. The second-order valence-corrected chi connectivity index (χ2v) is 5.76. The molecule has 1 aromatic carbocycles. The van der Waals surface area contributed by atoms with Crippen molar-refractivity contribution in [3.05, 3.63) is 35.9 Å². The molecule has 1 saturated heterocycles. The standard InChI is InChI=1S/C16H20N2O3/c1-4-12-14(20)17-13(19)10-18(12)15(21)16(2,3)11-8-6-5-7-9-11/h5-9,12H,4,10H2,1-3H3,(H,17,19,20). The Bertz CT molecular complexity index is 566. The Kier molecular flexibility index (Phi) is 4.11. The third kappa shape index (κ3) is 2.82. The first-order chi connectivity index (χ1) is 9.87. The zero-order chi connectivity index (χ0) is 15.6. The number of rotatable bonds is 3. The molecule has 21 heavy (non-hydrogen) atoms. The van der Waals surface area contributed by atoms with Gasteiger partial charge in [0.2, 0.25) is 17.7 Å². The first-order valence-corrected chi connectivity index (χ1v) is 7.08. The summed E-state index contributed by atoms with van der Waals surface area (Å²) in [6.07, 6.45) is 0.482. The SMILES string of the molecule is CCC1C(=O)NC(=O)CN1C(=O)C(C)(C)c1ccccc1. The lowest BCUT2D eigenvalue weighted by molar-refractivity contribution is -0.152. The van der Waals surface area contributed by atoms with Crippen LogP contribution in [-0.2, 0) is 19.8 Å². The summed E-state index contributed by atoms with van der Waals surface area (Å²) in [5, 5.41) is 2.28. The number of hydrogen-bond donors (Lipinski definition) is 1. The van der Waals surface area contributed by atoms with Crippen LogP contribution >= 0.6 is 0 Å². The molecule has 5 nitrogen and oxygen atoms in total. The molecular weight excluding hydrogens is 268 g/mol. The largest absolute Gasteiger partial charge is 0.321 e. The molecule has 1 heterocycles. The normalized spacial score (nSPS) is 19.4. The van der Waals surface area contributed by atoms with Crippen molar-refractivity contribution in [3.63, 3.8) is 0 Å². The monoisotopic (exact) mass is 288 g/mol. The van der Waals surface area contributed by atoms with E-state index in [0.29, 0.717) is 6.42 Å². The number of carbonyl (C=O) groups is 3. The van der Waals surface area contributed by atoms with Crippen LogP contribution in [0.3, 0.4) is 0 Å². The molecule has 1 aliphatic rings. The van der Waals surface area contributed by atoms with E-state index in [2.05, 4.69) is 5.32 Å². The van der Waals surface area contributed by atoms with Crippen LogP contribution in [0.1, 0.15) is 32.8 Å². The predicted octanol–water partition coefficient (Wildman–Crippen LogP) is 1.23. The second kappa shape index (κ2) is 5.68. The Morgan fingerprint density at radius 1 is 1.29 bits per heavy atom. The maximum absolute atomic E-state index is 12.9. The third-order valence-corrected chi connectivity index (χ3v) is 3.93. The van der Waals surface area contributed by atoms with E-state index >= 15 is 0 Å². The maximum atomic E-state index is 12.9. The Labute approximate surface area is 124 Å². The van der Waals surface area contributed by atoms with Gasteiger partial charge >= 0.3 is 0 Å². The summed E-state index contributed by atoms with van der Waals surface area (Å²) in [6.45, 7) is 5.39. The smallest absolute Gasteiger partial charge is 0.249 e. The zero-order valence-electron chi connectivity index (χ0n) is 12.6. The fraction of sp³-hybridized carbons (Fsp3) is 0.438. The van der Waals surface area contributed by atoms with Gasteiger partial charge in [-0.2, -0.15) is 0 Å². The molecule has 1 unspecified atom stereocenters. The van der Waals surface area contributed by atoms with E-state index in [1.54, 1.807) is 0 Å². The van der Waals surface area contributed by atoms with Crippen molar-refractivity contribution in [2.24, 2.45) is 0 Å². The van der Waals surface area contributed by atoms with Crippen molar-refractivity contribution in [1.82, 2.24) is 10.2 Å². The Hall–Kier alpha value is -2.17. The highest BCUT2D eigenvalue weighted by molar-refractivity contribution is 6.05. The van der Waals surface area contributed by atoms with Gasteiger partial charge in [0.05, 0.1) is 5.41 Å². The van der Waals surface area contributed by atoms with E-state index in [0.717, 1.165) is 5.56 Å². The van der Waals surface area contributed by atoms with Crippen molar-refractivity contribution < 1.29 is 14.4 Å². The summed E-state index contributed by atoms with van der Waals surface area (Å²) in [5.41, 5.74) is 0.0790. The van der Waals surface area contributed by atoms with Crippen molar-refractivity contribution >= 4 is 17.7 Å². The molecule has 3 amide bonds. The molecule has 0 saturated carbocycles. The molecule has 0 aliphatic carbocycles. The summed E-state index contributed by atoms with van der Waals surface area (Å²) in [4.78, 5) is 37.7. The molecular formula is C16H20N2O3. The van der Waals surface area contributed by atoms with E-state index in [-0.39, 0.29) is 12.5 Å². The highest BCUT2D eigenvalue weighted by Gasteiger charge is 2.42. The van der Waals surface area contributed by atoms with Crippen LogP contribution in [0.2, 0.25) is 0 Å². The fourth-order valence-electron chi connectivity index (χ4n) is 2.62. The number of piperazine rings is 1. The molecule has 1 atom stereocenters. The molecule has 1 fully saturated rings. The van der Waals surface area contributed by atoms with E-state index in [1.807, 2.05) is 51.1 Å². The quantitative estimate of drug-likeness (QED) is 0.851. The van der Waals surface area contributed by atoms with Gasteiger partial charge in [-0.15, -0.1) is 0 Å². The molecule has 112 valence electrons. The number of nitrogens with zero attached hydrogens (tertiary/aromatic N) is 1. The summed E-state index contributed by atoms with van der Waals surface area (Å²) in [7, 11) is 0. The molecule has 1 aromatic rings. The van der Waals surface area contributed by atoms with E-state index < -0.39 is 23.3 Å². The van der Waals surface area contributed by atoms with Gasteiger partial charge < -0.3 is 4.90 Å². The summed E-state index contributed by atoms with van der Waals surface area (Å²) in [5.74, 6) is -1.03. The molecule has 1 N–H and O–H groups in total. The number of benzene rings is 1. The average molecular weight is 288 g/mol. The van der Waals surface area contributed by atoms with Gasteiger partial charge in [-0.05, 0) is 25.8 Å². The van der Waals surface area contributed by atoms with Gasteiger partial charge in [-0.1, -0.05) is 37.3 Å². The molecule has 0 bridgehead atoms. The fourth-order valence-corrected chi connectivity index (χ4v) is 2.62. The molecule has 5 heteroatoms. The molecule has 1 aliphatic heterocycles. The minimum Gasteiger partial charge on any atom is -0.321 e. The number of nitrogens with one attached hydrogen (secondary N) is 1. The van der Waals surface area contributed by atoms with Gasteiger partial charge in [0.1, 0.15) is 12.6 Å². The lowest BCUT2D eigenvalue weighted by atomic mass is 9.82. The number of amides is 3. The molecule has 0 radical (unpaired) electrons. The van der Waals surface area contributed by atoms with Gasteiger partial charge in [0.25, 0.3) is 0 Å². The zero-order valence-corrected chi connectivity index (χ0v) is 12.6. The minimum absolute atomic E-state index is 0.0701. The van der Waals surface area contributed by atoms with Crippen molar-refractivity contribution in [2.45, 2.75) is 38.6 Å². The summed E-state index contributed by atoms with van der Waals surface area (Å²) >= 11 is 0. The van der Waals surface area contributed by atoms with Gasteiger partial charge in [0, 0.05) is 0 Å². The number of hydrogen-bond acceptors (Lipinski definition) is 3. The van der Waals surface area contributed by atoms with Gasteiger partial charge in [0.15, 0.2) is 0 Å². The van der Waals surface area contributed by atoms with E-state index in [1.165, 1.54) is 4.90 Å². The topological polar surface area (TPSA) is 66.5 Å². The summed E-state index contributed by atoms with van der Waals surface area (Å²) in [6, 6.07) is 8.80. The highest BCUT2D eigenvalue weighted by atomic mass is 16.2. The van der Waals surface area contributed by atoms with Crippen LogP contribution in [0.15, 0.2) is 30.3 Å². The third-order valence-electron chi connectivity index (χ3n) is 3.93. The van der Waals surface area contributed by atoms with Crippen LogP contribution in [-0.4, -0.2) is 35.2 Å². The first kappa shape index (κ1) is 15.2. The average Bonchev–Trinajstić information content (AvgIpc) is 2.46. The molecule has 0 spiro atoms. The lowest BCUT2D eigenvalue weighted by Crippen LogP contribution is -2.62. The Morgan fingerprint density at radius 3 is 2.48 bits per heavy atom. The molecule has 0 aromatic heterocycles. The van der Waals surface area contributed by atoms with Crippen molar-refractivity contribution in [3.8, 4) is 0 Å². The second-order valence-electron chi connectivity index (χ2n) is 5.76. The number of carbonyl (C=O) groups excluding carboxylic acids is 3. The molecule has 2 rings (SSSR count). The number of imide groups is 1. The van der Waals surface area contributed by atoms with Crippen molar-refractivity contribution in [2.75, 3.05) is 6.54 Å². The van der Waals surface area contributed by atoms with Gasteiger partial charge in [-0.25, -0.2) is 0 Å². The van der Waals surface area contributed by atoms with Crippen LogP contribution < -0.4 is 5.32 Å². The van der Waals surface area contributed by atoms with Crippen LogP contribution in [0.5, 0.6) is 0 Å². The van der Waals surface area contributed by atoms with E-state index in [4.69, 9.17) is 0 Å². The van der Waals surface area contributed by atoms with Gasteiger partial charge in [-0.3, -0.25) is 19.7 Å². The Morgan fingerprint density at radius 2 is 1.90 bits per heavy atom. The lowest BCUT2D eigenvalue weighted by Gasteiger charge is -2.38. The minimum atomic E-state index is -0.785. The van der Waals surface area contributed by atoms with Crippen LogP contribution in [0.25, 0.3) is 0 Å². The van der Waals surface area contributed by atoms with Crippen LogP contribution in [0.4, 0.5) is 0 Å². The van der Waals surface area contributed by atoms with E-state index in [9.17, 15) is 14.4 Å². The Balaban J connectivity index is 2.33. The van der Waals surface area contributed by atoms with Crippen LogP contribution in [0, 0.1) is 0 Å².